The topological polar surface area (TPSA) is 21.3 Å². The molecule has 0 amide bonds. The van der Waals surface area contributed by atoms with Crippen LogP contribution in [0.5, 0.6) is 5.75 Å². The van der Waals surface area contributed by atoms with Crippen molar-refractivity contribution in [3.8, 4) is 5.75 Å². The van der Waals surface area contributed by atoms with Crippen LogP contribution in [0.15, 0.2) is 18.2 Å². The molecule has 1 aliphatic carbocycles. The molecule has 2 aliphatic rings. The molecule has 2 nitrogen and oxygen atoms in total. The third kappa shape index (κ3) is 1.89. The molecule has 1 aromatic carbocycles. The van der Waals surface area contributed by atoms with E-state index in [2.05, 4.69) is 30.4 Å². The van der Waals surface area contributed by atoms with Gasteiger partial charge in [0.05, 0.1) is 6.61 Å². The van der Waals surface area contributed by atoms with Crippen LogP contribution < -0.4 is 10.1 Å². The van der Waals surface area contributed by atoms with Crippen LogP contribution in [0, 0.1) is 5.92 Å². The highest BCUT2D eigenvalue weighted by Gasteiger charge is 2.21. The average Bonchev–Trinajstić information content (AvgIpc) is 2.87. The quantitative estimate of drug-likeness (QED) is 0.821. The lowest BCUT2D eigenvalue weighted by atomic mass is 10.1. The third-order valence-electron chi connectivity index (χ3n) is 3.76. The Kier molecular flexibility index (Phi) is 2.50. The smallest absolute Gasteiger partial charge is 0.122 e. The van der Waals surface area contributed by atoms with Gasteiger partial charge < -0.3 is 10.1 Å². The Bertz CT molecular complexity index is 388. The number of nitrogens with one attached hydrogen (secondary N) is 1. The fourth-order valence-corrected chi connectivity index (χ4v) is 2.85. The van der Waals surface area contributed by atoms with Gasteiger partial charge in [-0.05, 0) is 48.9 Å². The second kappa shape index (κ2) is 4.00. The van der Waals surface area contributed by atoms with Crippen molar-refractivity contribution in [2.75, 3.05) is 11.9 Å². The minimum Gasteiger partial charge on any atom is -0.493 e. The van der Waals surface area contributed by atoms with E-state index >= 15 is 0 Å². The largest absolute Gasteiger partial charge is 0.493 e. The lowest BCUT2D eigenvalue weighted by Crippen LogP contribution is -2.15. The van der Waals surface area contributed by atoms with Crippen molar-refractivity contribution in [3.05, 3.63) is 23.8 Å². The number of benzene rings is 1. The van der Waals surface area contributed by atoms with Gasteiger partial charge in [0.1, 0.15) is 5.75 Å². The number of hydrogen-bond donors (Lipinski definition) is 1. The summed E-state index contributed by atoms with van der Waals surface area (Å²) >= 11 is 0. The molecule has 1 aromatic rings. The van der Waals surface area contributed by atoms with E-state index in [9.17, 15) is 0 Å². The predicted octanol–water partition coefficient (Wildman–Crippen LogP) is 3.22. The molecule has 0 aromatic heterocycles. The first-order valence-electron chi connectivity index (χ1n) is 6.33. The van der Waals surface area contributed by atoms with Gasteiger partial charge in [-0.1, -0.05) is 6.92 Å². The van der Waals surface area contributed by atoms with E-state index in [0.29, 0.717) is 6.04 Å². The highest BCUT2D eigenvalue weighted by Crippen LogP contribution is 2.31. The molecule has 1 aliphatic heterocycles. The zero-order valence-electron chi connectivity index (χ0n) is 9.83. The number of rotatable bonds is 2. The maximum absolute atomic E-state index is 5.51. The second-order valence-electron chi connectivity index (χ2n) is 5.18. The van der Waals surface area contributed by atoms with Crippen molar-refractivity contribution < 1.29 is 4.74 Å². The van der Waals surface area contributed by atoms with Gasteiger partial charge in [-0.2, -0.15) is 0 Å². The standard InChI is InChI=1S/C14H19NO/c1-10-2-3-12(8-10)15-13-4-5-14-11(9-13)6-7-16-14/h4-5,9-10,12,15H,2-3,6-8H2,1H3. The van der Waals surface area contributed by atoms with E-state index in [1.54, 1.807) is 0 Å². The molecule has 16 heavy (non-hydrogen) atoms. The fraction of sp³-hybridized carbons (Fsp3) is 0.571. The molecule has 3 rings (SSSR count). The molecular formula is C14H19NO. The summed E-state index contributed by atoms with van der Waals surface area (Å²) in [5, 5.41) is 3.65. The molecule has 2 heteroatoms. The summed E-state index contributed by atoms with van der Waals surface area (Å²) < 4.78 is 5.51. The monoisotopic (exact) mass is 217 g/mol. The predicted molar refractivity (Wildman–Crippen MR) is 66.1 cm³/mol. The van der Waals surface area contributed by atoms with Gasteiger partial charge in [0, 0.05) is 18.2 Å². The van der Waals surface area contributed by atoms with E-state index in [4.69, 9.17) is 4.74 Å². The number of hydrogen-bond acceptors (Lipinski definition) is 2. The van der Waals surface area contributed by atoms with Crippen LogP contribution in [-0.2, 0) is 6.42 Å². The molecule has 1 saturated carbocycles. The summed E-state index contributed by atoms with van der Waals surface area (Å²) in [5.41, 5.74) is 2.62. The lowest BCUT2D eigenvalue weighted by Gasteiger charge is -2.14. The van der Waals surface area contributed by atoms with Crippen LogP contribution in [-0.4, -0.2) is 12.6 Å². The van der Waals surface area contributed by atoms with Crippen molar-refractivity contribution in [2.45, 2.75) is 38.6 Å². The van der Waals surface area contributed by atoms with Gasteiger partial charge in [-0.3, -0.25) is 0 Å². The van der Waals surface area contributed by atoms with E-state index in [0.717, 1.165) is 24.7 Å². The molecule has 0 spiro atoms. The Morgan fingerprint density at radius 2 is 2.25 bits per heavy atom. The lowest BCUT2D eigenvalue weighted by molar-refractivity contribution is 0.357. The third-order valence-corrected chi connectivity index (χ3v) is 3.76. The number of anilines is 1. The Balaban J connectivity index is 1.71. The van der Waals surface area contributed by atoms with Crippen molar-refractivity contribution in [3.63, 3.8) is 0 Å². The van der Waals surface area contributed by atoms with E-state index in [1.165, 1.54) is 30.5 Å². The zero-order valence-corrected chi connectivity index (χ0v) is 9.83. The van der Waals surface area contributed by atoms with Crippen LogP contribution in [0.3, 0.4) is 0 Å². The van der Waals surface area contributed by atoms with E-state index in [1.807, 2.05) is 0 Å². The van der Waals surface area contributed by atoms with Crippen LogP contribution >= 0.6 is 0 Å². The molecule has 1 fully saturated rings. The van der Waals surface area contributed by atoms with Gasteiger partial charge in [-0.15, -0.1) is 0 Å². The van der Waals surface area contributed by atoms with Crippen LogP contribution in [0.2, 0.25) is 0 Å². The van der Waals surface area contributed by atoms with Gasteiger partial charge >= 0.3 is 0 Å². The first-order chi connectivity index (χ1) is 7.81. The summed E-state index contributed by atoms with van der Waals surface area (Å²) in [4.78, 5) is 0. The molecule has 2 atom stereocenters. The molecule has 86 valence electrons. The Morgan fingerprint density at radius 3 is 3.06 bits per heavy atom. The average molecular weight is 217 g/mol. The van der Waals surface area contributed by atoms with Gasteiger partial charge in [-0.25, -0.2) is 0 Å². The Labute approximate surface area is 97.0 Å². The second-order valence-corrected chi connectivity index (χ2v) is 5.18. The maximum Gasteiger partial charge on any atom is 0.122 e. The molecule has 0 bridgehead atoms. The summed E-state index contributed by atoms with van der Waals surface area (Å²) in [7, 11) is 0. The van der Waals surface area contributed by atoms with Crippen LogP contribution in [0.25, 0.3) is 0 Å². The minimum atomic E-state index is 0.676. The zero-order chi connectivity index (χ0) is 11.0. The first kappa shape index (κ1) is 10.0. The molecule has 1 N–H and O–H groups in total. The van der Waals surface area contributed by atoms with E-state index in [-0.39, 0.29) is 0 Å². The summed E-state index contributed by atoms with van der Waals surface area (Å²) in [6.07, 6.45) is 5.06. The Morgan fingerprint density at radius 1 is 1.31 bits per heavy atom. The van der Waals surface area contributed by atoms with Crippen molar-refractivity contribution >= 4 is 5.69 Å². The molecule has 1 heterocycles. The highest BCUT2D eigenvalue weighted by molar-refractivity contribution is 5.53. The molecule has 0 radical (unpaired) electrons. The van der Waals surface area contributed by atoms with Crippen LogP contribution in [0.4, 0.5) is 5.69 Å². The fourth-order valence-electron chi connectivity index (χ4n) is 2.85. The molecule has 0 saturated heterocycles. The SMILES string of the molecule is CC1CCC(Nc2ccc3c(c2)CCO3)C1. The summed E-state index contributed by atoms with van der Waals surface area (Å²) in [6, 6.07) is 7.18. The minimum absolute atomic E-state index is 0.676. The normalized spacial score (nSPS) is 27.6. The van der Waals surface area contributed by atoms with Gasteiger partial charge in [0.25, 0.3) is 0 Å². The van der Waals surface area contributed by atoms with Crippen molar-refractivity contribution in [1.29, 1.82) is 0 Å². The molecule has 2 unspecified atom stereocenters. The van der Waals surface area contributed by atoms with Crippen molar-refractivity contribution in [1.82, 2.24) is 0 Å². The van der Waals surface area contributed by atoms with Crippen molar-refractivity contribution in [2.24, 2.45) is 5.92 Å². The van der Waals surface area contributed by atoms with Crippen LogP contribution in [0.1, 0.15) is 31.7 Å². The Hall–Kier alpha value is -1.18. The summed E-state index contributed by atoms with van der Waals surface area (Å²) in [6.45, 7) is 3.19. The maximum atomic E-state index is 5.51. The van der Waals surface area contributed by atoms with Gasteiger partial charge in [0.15, 0.2) is 0 Å². The number of fused-ring (bicyclic) bond motifs is 1. The first-order valence-corrected chi connectivity index (χ1v) is 6.33. The van der Waals surface area contributed by atoms with E-state index < -0.39 is 0 Å². The number of ether oxygens (including phenoxy) is 1. The van der Waals surface area contributed by atoms with Gasteiger partial charge in [0.2, 0.25) is 0 Å². The summed E-state index contributed by atoms with van der Waals surface area (Å²) in [5.74, 6) is 1.96. The highest BCUT2D eigenvalue weighted by atomic mass is 16.5. The molecular weight excluding hydrogens is 198 g/mol.